The van der Waals surface area contributed by atoms with E-state index in [0.29, 0.717) is 11.5 Å². The summed E-state index contributed by atoms with van der Waals surface area (Å²) in [6, 6.07) is 7.58. The molecule has 0 fully saturated rings. The smallest absolute Gasteiger partial charge is 0.145 e. The molecule has 94 valence electrons. The van der Waals surface area contributed by atoms with Gasteiger partial charge in [0.2, 0.25) is 0 Å². The number of rotatable bonds is 3. The first-order valence-corrected chi connectivity index (χ1v) is 5.78. The van der Waals surface area contributed by atoms with Crippen molar-refractivity contribution < 1.29 is 9.13 Å². The summed E-state index contributed by atoms with van der Waals surface area (Å²) in [7, 11) is 0. The Morgan fingerprint density at radius 3 is 2.56 bits per heavy atom. The molecule has 0 unspecified atom stereocenters. The molecule has 1 aromatic carbocycles. The van der Waals surface area contributed by atoms with E-state index in [1.54, 1.807) is 18.3 Å². The molecule has 0 bridgehead atoms. The zero-order chi connectivity index (χ0) is 13.1. The van der Waals surface area contributed by atoms with E-state index in [9.17, 15) is 4.39 Å². The first-order chi connectivity index (χ1) is 8.56. The van der Waals surface area contributed by atoms with Gasteiger partial charge in [0.15, 0.2) is 0 Å². The minimum atomic E-state index is -0.477. The fourth-order valence-electron chi connectivity index (χ4n) is 1.40. The van der Waals surface area contributed by atoms with Crippen LogP contribution in [0.4, 0.5) is 4.39 Å². The number of nitrogens with two attached hydrogens (primary N) is 1. The summed E-state index contributed by atoms with van der Waals surface area (Å²) in [4.78, 5) is 4.16. The van der Waals surface area contributed by atoms with Crippen LogP contribution in [0.15, 0.2) is 36.5 Å². The van der Waals surface area contributed by atoms with Crippen molar-refractivity contribution in [1.82, 2.24) is 4.98 Å². The highest BCUT2D eigenvalue weighted by Crippen LogP contribution is 2.25. The highest BCUT2D eigenvalue weighted by molar-refractivity contribution is 6.30. The molecule has 5 heteroatoms. The Kier molecular flexibility index (Phi) is 3.79. The van der Waals surface area contributed by atoms with E-state index in [0.717, 1.165) is 5.69 Å². The van der Waals surface area contributed by atoms with E-state index < -0.39 is 5.82 Å². The van der Waals surface area contributed by atoms with Crippen LogP contribution in [0.3, 0.4) is 0 Å². The van der Waals surface area contributed by atoms with Crippen molar-refractivity contribution in [1.29, 1.82) is 0 Å². The number of hydrogen-bond acceptors (Lipinski definition) is 3. The second-order valence-electron chi connectivity index (χ2n) is 3.89. The largest absolute Gasteiger partial charge is 0.456 e. The number of pyridine rings is 1. The van der Waals surface area contributed by atoms with E-state index in [1.165, 1.54) is 18.2 Å². The van der Waals surface area contributed by atoms with Gasteiger partial charge in [-0.05, 0) is 31.2 Å². The number of ether oxygens (including phenoxy) is 1. The van der Waals surface area contributed by atoms with Gasteiger partial charge in [-0.3, -0.25) is 4.98 Å². The van der Waals surface area contributed by atoms with E-state index in [-0.39, 0.29) is 11.1 Å². The fraction of sp³-hybridized carbons (Fsp3) is 0.154. The Morgan fingerprint density at radius 2 is 2.00 bits per heavy atom. The molecule has 18 heavy (non-hydrogen) atoms. The van der Waals surface area contributed by atoms with Gasteiger partial charge >= 0.3 is 0 Å². The Hall–Kier alpha value is -1.65. The molecule has 3 nitrogen and oxygen atoms in total. The number of hydrogen-bond donors (Lipinski definition) is 1. The maximum Gasteiger partial charge on any atom is 0.145 e. The molecule has 1 heterocycles. The van der Waals surface area contributed by atoms with Gasteiger partial charge in [-0.25, -0.2) is 4.39 Å². The molecule has 1 aromatic heterocycles. The molecule has 0 saturated carbocycles. The van der Waals surface area contributed by atoms with Crippen LogP contribution >= 0.6 is 11.6 Å². The monoisotopic (exact) mass is 266 g/mol. The Bertz CT molecular complexity index is 543. The van der Waals surface area contributed by atoms with Crippen LogP contribution in [0.5, 0.6) is 11.5 Å². The molecule has 0 aliphatic rings. The predicted molar refractivity (Wildman–Crippen MR) is 68.3 cm³/mol. The summed E-state index contributed by atoms with van der Waals surface area (Å²) in [6.45, 7) is 1.85. The lowest BCUT2D eigenvalue weighted by Crippen LogP contribution is -2.06. The van der Waals surface area contributed by atoms with Crippen LogP contribution in [0.2, 0.25) is 5.02 Å². The van der Waals surface area contributed by atoms with E-state index >= 15 is 0 Å². The highest BCUT2D eigenvalue weighted by atomic mass is 35.5. The molecule has 0 radical (unpaired) electrons. The summed E-state index contributed by atoms with van der Waals surface area (Å²) in [6.07, 6.45) is 1.57. The Balaban J connectivity index is 2.15. The first kappa shape index (κ1) is 12.8. The van der Waals surface area contributed by atoms with Crippen LogP contribution in [0.25, 0.3) is 0 Å². The van der Waals surface area contributed by atoms with Gasteiger partial charge < -0.3 is 10.5 Å². The van der Waals surface area contributed by atoms with Crippen molar-refractivity contribution in [3.8, 4) is 11.5 Å². The molecule has 0 spiro atoms. The average Bonchev–Trinajstić information content (AvgIpc) is 2.34. The molecule has 2 aromatic rings. The lowest BCUT2D eigenvalue weighted by atomic mass is 10.2. The quantitative estimate of drug-likeness (QED) is 0.922. The maximum absolute atomic E-state index is 13.0. The van der Waals surface area contributed by atoms with Crippen molar-refractivity contribution in [3.05, 3.63) is 53.1 Å². The summed E-state index contributed by atoms with van der Waals surface area (Å²) >= 11 is 5.66. The van der Waals surface area contributed by atoms with E-state index in [4.69, 9.17) is 22.1 Å². The molecule has 0 aliphatic heterocycles. The van der Waals surface area contributed by atoms with Gasteiger partial charge in [0.25, 0.3) is 0 Å². The Morgan fingerprint density at radius 1 is 1.28 bits per heavy atom. The van der Waals surface area contributed by atoms with Gasteiger partial charge in [-0.1, -0.05) is 11.6 Å². The third-order valence-electron chi connectivity index (χ3n) is 2.35. The molecule has 0 aliphatic carbocycles. The van der Waals surface area contributed by atoms with Crippen molar-refractivity contribution in [2.45, 2.75) is 13.0 Å². The molecule has 0 amide bonds. The molecular weight excluding hydrogens is 255 g/mol. The predicted octanol–water partition coefficient (Wildman–Crippen LogP) is 3.69. The lowest BCUT2D eigenvalue weighted by molar-refractivity contribution is 0.477. The highest BCUT2D eigenvalue weighted by Gasteiger charge is 2.04. The topological polar surface area (TPSA) is 48.1 Å². The van der Waals surface area contributed by atoms with Crippen molar-refractivity contribution in [2.75, 3.05) is 0 Å². The van der Waals surface area contributed by atoms with Crippen LogP contribution in [0, 0.1) is 5.82 Å². The Labute approximate surface area is 109 Å². The zero-order valence-corrected chi connectivity index (χ0v) is 10.5. The number of halogens is 2. The first-order valence-electron chi connectivity index (χ1n) is 5.40. The number of aromatic nitrogens is 1. The average molecular weight is 267 g/mol. The van der Waals surface area contributed by atoms with Crippen molar-refractivity contribution in [2.24, 2.45) is 5.73 Å². The minimum Gasteiger partial charge on any atom is -0.456 e. The van der Waals surface area contributed by atoms with Gasteiger partial charge in [0.1, 0.15) is 17.3 Å². The van der Waals surface area contributed by atoms with Crippen LogP contribution < -0.4 is 10.5 Å². The standard InChI is InChI=1S/C13H12ClFN2O/c1-8(16)13-5-3-10(7-17-13)18-9-2-4-12(15)11(14)6-9/h2-8H,16H2,1H3/t8-/m0/s1. The zero-order valence-electron chi connectivity index (χ0n) is 9.73. The minimum absolute atomic E-state index is 0.0210. The number of benzene rings is 1. The third-order valence-corrected chi connectivity index (χ3v) is 2.64. The second-order valence-corrected chi connectivity index (χ2v) is 4.29. The maximum atomic E-state index is 13.0. The molecule has 2 rings (SSSR count). The summed E-state index contributed by atoms with van der Waals surface area (Å²) in [5.74, 6) is 0.522. The molecule has 0 saturated heterocycles. The molecular formula is C13H12ClFN2O. The van der Waals surface area contributed by atoms with Crippen LogP contribution in [-0.2, 0) is 0 Å². The van der Waals surface area contributed by atoms with Gasteiger partial charge in [0, 0.05) is 12.1 Å². The van der Waals surface area contributed by atoms with Crippen LogP contribution in [-0.4, -0.2) is 4.98 Å². The van der Waals surface area contributed by atoms with Gasteiger partial charge in [0.05, 0.1) is 16.9 Å². The van der Waals surface area contributed by atoms with Crippen molar-refractivity contribution in [3.63, 3.8) is 0 Å². The third kappa shape index (κ3) is 2.97. The molecule has 1 atom stereocenters. The second kappa shape index (κ2) is 5.33. The normalized spacial score (nSPS) is 12.2. The summed E-state index contributed by atoms with van der Waals surface area (Å²) < 4.78 is 18.5. The SMILES string of the molecule is C[C@H](N)c1ccc(Oc2ccc(F)c(Cl)c2)cn1. The molecule has 2 N–H and O–H groups in total. The van der Waals surface area contributed by atoms with Crippen LogP contribution in [0.1, 0.15) is 18.7 Å². The van der Waals surface area contributed by atoms with Gasteiger partial charge in [-0.15, -0.1) is 0 Å². The summed E-state index contributed by atoms with van der Waals surface area (Å²) in [5.41, 5.74) is 6.47. The number of nitrogens with zero attached hydrogens (tertiary/aromatic N) is 1. The lowest BCUT2D eigenvalue weighted by Gasteiger charge is -2.08. The summed E-state index contributed by atoms with van der Waals surface area (Å²) in [5, 5.41) is 0.0210. The van der Waals surface area contributed by atoms with E-state index in [1.807, 2.05) is 6.92 Å². The van der Waals surface area contributed by atoms with Gasteiger partial charge in [-0.2, -0.15) is 0 Å². The fourth-order valence-corrected chi connectivity index (χ4v) is 1.57. The van der Waals surface area contributed by atoms with Crippen molar-refractivity contribution >= 4 is 11.6 Å². The van der Waals surface area contributed by atoms with E-state index in [2.05, 4.69) is 4.98 Å².